The molecule has 2 rings (SSSR count). The maximum absolute atomic E-state index is 12.8. The number of hydrogen-bond donors (Lipinski definition) is 1. The van der Waals surface area contributed by atoms with E-state index in [1.54, 1.807) is 0 Å². The number of pyridine rings is 1. The SMILES string of the molecule is O=Cc1cnc(Nc2ccc(Cl)cc2Cl)cc1C(F)(F)F. The van der Waals surface area contributed by atoms with Crippen molar-refractivity contribution >= 4 is 41.0 Å². The summed E-state index contributed by atoms with van der Waals surface area (Å²) in [5.74, 6) is -0.0860. The van der Waals surface area contributed by atoms with Crippen molar-refractivity contribution in [2.75, 3.05) is 5.32 Å². The molecule has 0 aliphatic rings. The number of nitrogens with zero attached hydrogens (tertiary/aromatic N) is 1. The fourth-order valence-corrected chi connectivity index (χ4v) is 2.06. The van der Waals surface area contributed by atoms with Crippen molar-refractivity contribution in [3.8, 4) is 0 Å². The molecule has 21 heavy (non-hydrogen) atoms. The van der Waals surface area contributed by atoms with Gasteiger partial charge in [-0.05, 0) is 24.3 Å². The summed E-state index contributed by atoms with van der Waals surface area (Å²) in [6, 6.07) is 5.22. The lowest BCUT2D eigenvalue weighted by Gasteiger charge is -2.12. The van der Waals surface area contributed by atoms with E-state index in [0.717, 1.165) is 12.3 Å². The molecule has 1 aromatic heterocycles. The second-order valence-corrected chi connectivity index (χ2v) is 4.87. The lowest BCUT2D eigenvalue weighted by Crippen LogP contribution is -2.10. The molecule has 1 N–H and O–H groups in total. The summed E-state index contributed by atoms with van der Waals surface area (Å²) in [7, 11) is 0. The van der Waals surface area contributed by atoms with Crippen LogP contribution in [0.4, 0.5) is 24.7 Å². The van der Waals surface area contributed by atoms with Crippen LogP contribution in [0.1, 0.15) is 15.9 Å². The first kappa shape index (κ1) is 15.6. The van der Waals surface area contributed by atoms with E-state index >= 15 is 0 Å². The van der Waals surface area contributed by atoms with Crippen LogP contribution in [-0.4, -0.2) is 11.3 Å². The van der Waals surface area contributed by atoms with Gasteiger partial charge in [0.25, 0.3) is 0 Å². The fourth-order valence-electron chi connectivity index (χ4n) is 1.60. The number of aldehydes is 1. The molecule has 0 bridgehead atoms. The van der Waals surface area contributed by atoms with E-state index < -0.39 is 17.3 Å². The molecule has 0 saturated heterocycles. The maximum atomic E-state index is 12.8. The van der Waals surface area contributed by atoms with Crippen LogP contribution in [0.5, 0.6) is 0 Å². The first-order chi connectivity index (χ1) is 9.81. The number of carbonyl (C=O) groups is 1. The molecule has 0 saturated carbocycles. The van der Waals surface area contributed by atoms with E-state index in [9.17, 15) is 18.0 Å². The molecule has 1 aromatic carbocycles. The second kappa shape index (κ2) is 5.91. The first-order valence-electron chi connectivity index (χ1n) is 5.56. The highest BCUT2D eigenvalue weighted by Gasteiger charge is 2.34. The van der Waals surface area contributed by atoms with Crippen molar-refractivity contribution in [3.05, 3.63) is 51.6 Å². The number of aromatic nitrogens is 1. The average molecular weight is 335 g/mol. The summed E-state index contributed by atoms with van der Waals surface area (Å²) < 4.78 is 38.5. The lowest BCUT2D eigenvalue weighted by molar-refractivity contribution is -0.137. The summed E-state index contributed by atoms with van der Waals surface area (Å²) >= 11 is 11.6. The van der Waals surface area contributed by atoms with Crippen LogP contribution in [0.3, 0.4) is 0 Å². The average Bonchev–Trinajstić information content (AvgIpc) is 2.41. The molecule has 110 valence electrons. The Bertz CT molecular complexity index is 690. The third-order valence-corrected chi connectivity index (χ3v) is 3.11. The Hall–Kier alpha value is -1.79. The van der Waals surface area contributed by atoms with Gasteiger partial charge in [-0.2, -0.15) is 13.2 Å². The summed E-state index contributed by atoms with van der Waals surface area (Å²) in [4.78, 5) is 14.4. The molecular formula is C13H7Cl2F3N2O. The van der Waals surface area contributed by atoms with Gasteiger partial charge in [-0.25, -0.2) is 4.98 Å². The summed E-state index contributed by atoms with van der Waals surface area (Å²) in [6.07, 6.45) is -3.70. The van der Waals surface area contributed by atoms with E-state index in [0.29, 0.717) is 10.7 Å². The molecule has 3 nitrogen and oxygen atoms in total. The molecule has 0 spiro atoms. The van der Waals surface area contributed by atoms with Gasteiger partial charge in [0.15, 0.2) is 6.29 Å². The largest absolute Gasteiger partial charge is 0.417 e. The molecule has 0 amide bonds. The zero-order valence-corrected chi connectivity index (χ0v) is 11.7. The molecule has 0 atom stereocenters. The minimum absolute atomic E-state index is 0.0860. The predicted molar refractivity (Wildman–Crippen MR) is 74.4 cm³/mol. The van der Waals surface area contributed by atoms with Gasteiger partial charge in [0, 0.05) is 16.8 Å². The minimum Gasteiger partial charge on any atom is -0.339 e. The minimum atomic E-state index is -4.65. The summed E-state index contributed by atoms with van der Waals surface area (Å²) in [6.45, 7) is 0. The van der Waals surface area contributed by atoms with Crippen LogP contribution in [0, 0.1) is 0 Å². The van der Waals surface area contributed by atoms with Crippen molar-refractivity contribution in [2.45, 2.75) is 6.18 Å². The van der Waals surface area contributed by atoms with Gasteiger partial charge in [0.1, 0.15) is 5.82 Å². The van der Waals surface area contributed by atoms with Crippen LogP contribution in [0.25, 0.3) is 0 Å². The summed E-state index contributed by atoms with van der Waals surface area (Å²) in [5.41, 5.74) is -1.25. The zero-order chi connectivity index (χ0) is 15.6. The molecule has 0 aliphatic heterocycles. The fraction of sp³-hybridized carbons (Fsp3) is 0.0769. The second-order valence-electron chi connectivity index (χ2n) is 4.02. The number of rotatable bonds is 3. The molecule has 0 radical (unpaired) electrons. The van der Waals surface area contributed by atoms with E-state index in [2.05, 4.69) is 10.3 Å². The lowest BCUT2D eigenvalue weighted by atomic mass is 10.1. The van der Waals surface area contributed by atoms with Gasteiger partial charge in [0.2, 0.25) is 0 Å². The van der Waals surface area contributed by atoms with Gasteiger partial charge in [-0.1, -0.05) is 23.2 Å². The van der Waals surface area contributed by atoms with Crippen LogP contribution in [0.2, 0.25) is 10.0 Å². The zero-order valence-electron chi connectivity index (χ0n) is 10.2. The topological polar surface area (TPSA) is 42.0 Å². The summed E-state index contributed by atoms with van der Waals surface area (Å²) in [5, 5.41) is 3.27. The highest BCUT2D eigenvalue weighted by Crippen LogP contribution is 2.34. The molecule has 1 heterocycles. The molecule has 0 unspecified atom stereocenters. The maximum Gasteiger partial charge on any atom is 0.417 e. The Labute approximate surface area is 127 Å². The van der Waals surface area contributed by atoms with Crippen LogP contribution in [-0.2, 0) is 6.18 Å². The van der Waals surface area contributed by atoms with Crippen molar-refractivity contribution in [1.82, 2.24) is 4.98 Å². The molecule has 2 aromatic rings. The quantitative estimate of drug-likeness (QED) is 0.806. The highest BCUT2D eigenvalue weighted by atomic mass is 35.5. The first-order valence-corrected chi connectivity index (χ1v) is 6.31. The molecule has 0 aliphatic carbocycles. The van der Waals surface area contributed by atoms with Gasteiger partial charge in [-0.15, -0.1) is 0 Å². The number of halogens is 5. The number of nitrogens with one attached hydrogen (secondary N) is 1. The van der Waals surface area contributed by atoms with Crippen molar-refractivity contribution in [2.24, 2.45) is 0 Å². The number of anilines is 2. The number of benzene rings is 1. The Morgan fingerprint density at radius 3 is 2.48 bits per heavy atom. The third-order valence-electron chi connectivity index (χ3n) is 2.56. The van der Waals surface area contributed by atoms with E-state index in [-0.39, 0.29) is 17.1 Å². The van der Waals surface area contributed by atoms with Crippen LogP contribution >= 0.6 is 23.2 Å². The van der Waals surface area contributed by atoms with Gasteiger partial charge in [0.05, 0.1) is 16.3 Å². The third kappa shape index (κ3) is 3.65. The van der Waals surface area contributed by atoms with Gasteiger partial charge in [-0.3, -0.25) is 4.79 Å². The Balaban J connectivity index is 2.39. The van der Waals surface area contributed by atoms with E-state index in [1.165, 1.54) is 18.2 Å². The van der Waals surface area contributed by atoms with Crippen LogP contribution in [0.15, 0.2) is 30.5 Å². The van der Waals surface area contributed by atoms with Crippen molar-refractivity contribution in [3.63, 3.8) is 0 Å². The van der Waals surface area contributed by atoms with Crippen molar-refractivity contribution in [1.29, 1.82) is 0 Å². The van der Waals surface area contributed by atoms with Crippen LogP contribution < -0.4 is 5.32 Å². The molecule has 8 heteroatoms. The van der Waals surface area contributed by atoms with Crippen molar-refractivity contribution < 1.29 is 18.0 Å². The normalized spacial score (nSPS) is 11.3. The highest BCUT2D eigenvalue weighted by molar-refractivity contribution is 6.36. The molecule has 0 fully saturated rings. The monoisotopic (exact) mass is 334 g/mol. The van der Waals surface area contributed by atoms with E-state index in [4.69, 9.17) is 23.2 Å². The predicted octanol–water partition coefficient (Wildman–Crippen LogP) is 4.96. The molecular weight excluding hydrogens is 328 g/mol. The van der Waals surface area contributed by atoms with Gasteiger partial charge < -0.3 is 5.32 Å². The Morgan fingerprint density at radius 1 is 1.19 bits per heavy atom. The van der Waals surface area contributed by atoms with Gasteiger partial charge >= 0.3 is 6.18 Å². The smallest absolute Gasteiger partial charge is 0.339 e. The number of hydrogen-bond acceptors (Lipinski definition) is 3. The Kier molecular flexibility index (Phi) is 4.39. The standard InChI is InChI=1S/C13H7Cl2F3N2O/c14-8-1-2-11(10(15)3-8)20-12-4-9(13(16,17)18)7(6-21)5-19-12/h1-6H,(H,19,20). The van der Waals surface area contributed by atoms with E-state index in [1.807, 2.05) is 0 Å². The Morgan fingerprint density at radius 2 is 1.90 bits per heavy atom. The number of alkyl halides is 3. The number of carbonyl (C=O) groups excluding carboxylic acids is 1.